The number of pyridine rings is 1. The molecule has 0 atom stereocenters. The first kappa shape index (κ1) is 15.5. The van der Waals surface area contributed by atoms with E-state index in [2.05, 4.69) is 23.8 Å². The Labute approximate surface area is 126 Å². The van der Waals surface area contributed by atoms with E-state index in [4.69, 9.17) is 0 Å². The standard InChI is InChI=1S/C17H24N2O2/c1-4-6-7-8-13-10-14(20)15(17(21)19-13)16-12(5-2)9-11(3)18-16/h10H,4-9H2,1-3H3,(H2,19,20,21). The van der Waals surface area contributed by atoms with Crippen LogP contribution in [-0.2, 0) is 6.42 Å². The number of aliphatic imine (C=N–C) groups is 1. The summed E-state index contributed by atoms with van der Waals surface area (Å²) >= 11 is 0. The molecule has 0 saturated carbocycles. The van der Waals surface area contributed by atoms with Crippen molar-refractivity contribution in [3.8, 4) is 11.6 Å². The minimum absolute atomic E-state index is 0.0772. The lowest BCUT2D eigenvalue weighted by Gasteiger charge is -2.10. The molecule has 0 aromatic carbocycles. The third kappa shape index (κ3) is 3.43. The number of aromatic nitrogens is 1. The van der Waals surface area contributed by atoms with E-state index in [0.29, 0.717) is 11.3 Å². The quantitative estimate of drug-likeness (QED) is 0.770. The molecule has 2 rings (SSSR count). The molecule has 21 heavy (non-hydrogen) atoms. The van der Waals surface area contributed by atoms with Gasteiger partial charge in [-0.25, -0.2) is 4.98 Å². The Kier molecular flexibility index (Phi) is 4.99. The molecule has 4 heteroatoms. The Morgan fingerprint density at radius 1 is 1.19 bits per heavy atom. The van der Waals surface area contributed by atoms with Gasteiger partial charge < -0.3 is 10.2 Å². The summed E-state index contributed by atoms with van der Waals surface area (Å²) in [6.07, 6.45) is 5.71. The van der Waals surface area contributed by atoms with Crippen LogP contribution < -0.4 is 0 Å². The van der Waals surface area contributed by atoms with E-state index in [9.17, 15) is 10.2 Å². The third-order valence-electron chi connectivity index (χ3n) is 3.84. The maximum Gasteiger partial charge on any atom is 0.224 e. The van der Waals surface area contributed by atoms with Crippen molar-refractivity contribution >= 4 is 11.4 Å². The zero-order valence-electron chi connectivity index (χ0n) is 13.1. The summed E-state index contributed by atoms with van der Waals surface area (Å²) in [7, 11) is 0. The molecule has 0 bridgehead atoms. The van der Waals surface area contributed by atoms with Gasteiger partial charge in [0, 0.05) is 23.9 Å². The summed E-state index contributed by atoms with van der Waals surface area (Å²) in [4.78, 5) is 8.71. The van der Waals surface area contributed by atoms with Gasteiger partial charge in [0.1, 0.15) is 11.3 Å². The van der Waals surface area contributed by atoms with Crippen LogP contribution in [0.3, 0.4) is 0 Å². The summed E-state index contributed by atoms with van der Waals surface area (Å²) in [5, 5.41) is 20.5. The van der Waals surface area contributed by atoms with E-state index in [0.717, 1.165) is 55.5 Å². The summed E-state index contributed by atoms with van der Waals surface area (Å²) in [5.41, 5.74) is 3.95. The van der Waals surface area contributed by atoms with Gasteiger partial charge in [-0.15, -0.1) is 0 Å². The highest BCUT2D eigenvalue weighted by Crippen LogP contribution is 2.39. The molecule has 1 aromatic rings. The Balaban J connectivity index is 2.33. The number of nitrogens with zero attached hydrogens (tertiary/aromatic N) is 2. The number of rotatable bonds is 6. The highest BCUT2D eigenvalue weighted by molar-refractivity contribution is 5.97. The summed E-state index contributed by atoms with van der Waals surface area (Å²) < 4.78 is 0. The molecule has 0 saturated heterocycles. The second-order valence-electron chi connectivity index (χ2n) is 5.62. The van der Waals surface area contributed by atoms with Gasteiger partial charge in [0.15, 0.2) is 0 Å². The second-order valence-corrected chi connectivity index (χ2v) is 5.62. The summed E-state index contributed by atoms with van der Waals surface area (Å²) in [6, 6.07) is 1.66. The minimum atomic E-state index is -0.110. The summed E-state index contributed by atoms with van der Waals surface area (Å²) in [6.45, 7) is 6.16. The third-order valence-corrected chi connectivity index (χ3v) is 3.84. The van der Waals surface area contributed by atoms with Crippen LogP contribution in [-0.4, -0.2) is 20.9 Å². The fraction of sp³-hybridized carbons (Fsp3) is 0.529. The average molecular weight is 288 g/mol. The lowest BCUT2D eigenvalue weighted by atomic mass is 10.0. The van der Waals surface area contributed by atoms with Crippen molar-refractivity contribution in [3.05, 3.63) is 22.9 Å². The van der Waals surface area contributed by atoms with Gasteiger partial charge >= 0.3 is 0 Å². The van der Waals surface area contributed by atoms with Crippen molar-refractivity contribution in [2.24, 2.45) is 4.99 Å². The number of allylic oxidation sites excluding steroid dienone is 1. The van der Waals surface area contributed by atoms with E-state index in [1.54, 1.807) is 6.07 Å². The molecule has 0 fully saturated rings. The zero-order valence-corrected chi connectivity index (χ0v) is 13.1. The SMILES string of the molecule is CCCCCc1cc(O)c(C2=C(CC)CC(C)=N2)c(O)n1. The fourth-order valence-corrected chi connectivity index (χ4v) is 2.71. The van der Waals surface area contributed by atoms with Gasteiger partial charge in [0.25, 0.3) is 0 Å². The lowest BCUT2D eigenvalue weighted by molar-refractivity contribution is 0.428. The molecule has 1 aliphatic rings. The van der Waals surface area contributed by atoms with Crippen molar-refractivity contribution in [2.75, 3.05) is 0 Å². The van der Waals surface area contributed by atoms with Gasteiger partial charge in [-0.05, 0) is 31.8 Å². The molecule has 0 spiro atoms. The molecule has 4 nitrogen and oxygen atoms in total. The molecule has 1 aliphatic heterocycles. The summed E-state index contributed by atoms with van der Waals surface area (Å²) in [5.74, 6) is -0.0331. The molecule has 1 aromatic heterocycles. The number of hydrogen-bond acceptors (Lipinski definition) is 4. The fourth-order valence-electron chi connectivity index (χ4n) is 2.71. The van der Waals surface area contributed by atoms with Gasteiger partial charge in [0.05, 0.1) is 5.70 Å². The van der Waals surface area contributed by atoms with Gasteiger partial charge in [0.2, 0.25) is 5.88 Å². The van der Waals surface area contributed by atoms with Crippen molar-refractivity contribution < 1.29 is 10.2 Å². The molecule has 0 aliphatic carbocycles. The topological polar surface area (TPSA) is 65.7 Å². The molecule has 0 unspecified atom stereocenters. The first-order chi connectivity index (χ1) is 10.1. The number of aryl methyl sites for hydroxylation is 1. The normalized spacial score (nSPS) is 14.7. The largest absolute Gasteiger partial charge is 0.507 e. The van der Waals surface area contributed by atoms with Gasteiger partial charge in [-0.1, -0.05) is 26.7 Å². The molecule has 114 valence electrons. The number of unbranched alkanes of at least 4 members (excludes halogenated alkanes) is 2. The van der Waals surface area contributed by atoms with Crippen LogP contribution in [0.25, 0.3) is 5.70 Å². The maximum absolute atomic E-state index is 10.3. The van der Waals surface area contributed by atoms with Crippen LogP contribution in [0.2, 0.25) is 0 Å². The smallest absolute Gasteiger partial charge is 0.224 e. The zero-order chi connectivity index (χ0) is 15.4. The van der Waals surface area contributed by atoms with Crippen LogP contribution in [0.5, 0.6) is 11.6 Å². The molecular formula is C17H24N2O2. The van der Waals surface area contributed by atoms with Crippen LogP contribution in [0.15, 0.2) is 16.6 Å². The van der Waals surface area contributed by atoms with Crippen molar-refractivity contribution in [2.45, 2.75) is 59.3 Å². The average Bonchev–Trinajstić information content (AvgIpc) is 2.79. The Bertz CT molecular complexity index is 565. The highest BCUT2D eigenvalue weighted by Gasteiger charge is 2.22. The van der Waals surface area contributed by atoms with Crippen LogP contribution >= 0.6 is 0 Å². The first-order valence-electron chi connectivity index (χ1n) is 7.75. The van der Waals surface area contributed by atoms with Crippen LogP contribution in [0.4, 0.5) is 0 Å². The molecule has 2 heterocycles. The predicted molar refractivity (Wildman–Crippen MR) is 85.7 cm³/mol. The highest BCUT2D eigenvalue weighted by atomic mass is 16.3. The van der Waals surface area contributed by atoms with Crippen LogP contribution in [0.1, 0.15) is 64.1 Å². The van der Waals surface area contributed by atoms with Crippen molar-refractivity contribution in [3.63, 3.8) is 0 Å². The molecule has 0 radical (unpaired) electrons. The first-order valence-corrected chi connectivity index (χ1v) is 7.75. The van der Waals surface area contributed by atoms with E-state index >= 15 is 0 Å². The maximum atomic E-state index is 10.3. The molecule has 2 N–H and O–H groups in total. The van der Waals surface area contributed by atoms with Gasteiger partial charge in [-0.3, -0.25) is 4.99 Å². The Hall–Kier alpha value is -1.84. The van der Waals surface area contributed by atoms with Crippen LogP contribution in [0, 0.1) is 0 Å². The van der Waals surface area contributed by atoms with Crippen molar-refractivity contribution in [1.82, 2.24) is 4.98 Å². The second kappa shape index (κ2) is 6.74. The van der Waals surface area contributed by atoms with E-state index in [-0.39, 0.29) is 11.6 Å². The van der Waals surface area contributed by atoms with E-state index in [1.807, 2.05) is 6.92 Å². The van der Waals surface area contributed by atoms with Gasteiger partial charge in [-0.2, -0.15) is 0 Å². The Morgan fingerprint density at radius 2 is 1.95 bits per heavy atom. The minimum Gasteiger partial charge on any atom is -0.507 e. The number of aromatic hydroxyl groups is 2. The van der Waals surface area contributed by atoms with E-state index in [1.165, 1.54) is 0 Å². The Morgan fingerprint density at radius 3 is 2.57 bits per heavy atom. The number of hydrogen-bond donors (Lipinski definition) is 2. The monoisotopic (exact) mass is 288 g/mol. The van der Waals surface area contributed by atoms with Crippen molar-refractivity contribution in [1.29, 1.82) is 0 Å². The van der Waals surface area contributed by atoms with E-state index < -0.39 is 0 Å². The molecular weight excluding hydrogens is 264 g/mol. The molecule has 0 amide bonds. The predicted octanol–water partition coefficient (Wildman–Crippen LogP) is 4.21. The lowest BCUT2D eigenvalue weighted by Crippen LogP contribution is -1.95.